The molecule has 1 aliphatic heterocycles. The van der Waals surface area contributed by atoms with Crippen molar-refractivity contribution in [2.75, 3.05) is 51.4 Å². The smallest absolute Gasteiger partial charge is 0.278 e. The van der Waals surface area contributed by atoms with Crippen molar-refractivity contribution in [1.82, 2.24) is 19.7 Å². The number of thiazole rings is 1. The Morgan fingerprint density at radius 3 is 2.80 bits per heavy atom. The lowest BCUT2D eigenvalue weighted by atomic mass is 10.2. The third-order valence-electron chi connectivity index (χ3n) is 5.21. The normalized spacial score (nSPS) is 14.9. The number of rotatable bonds is 6. The molecule has 1 amide bonds. The van der Waals surface area contributed by atoms with Gasteiger partial charge in [-0.25, -0.2) is 4.98 Å². The van der Waals surface area contributed by atoms with Gasteiger partial charge in [0.05, 0.1) is 36.2 Å². The molecule has 0 spiro atoms. The lowest BCUT2D eigenvalue weighted by molar-refractivity contribution is 0.0391. The minimum atomic E-state index is -0.130. The van der Waals surface area contributed by atoms with Gasteiger partial charge in [0.25, 0.3) is 5.91 Å². The highest BCUT2D eigenvalue weighted by molar-refractivity contribution is 7.23. The van der Waals surface area contributed by atoms with E-state index in [0.29, 0.717) is 46.9 Å². The molecular formula is C20H24ClN5O3S. The van der Waals surface area contributed by atoms with Crippen molar-refractivity contribution in [3.63, 3.8) is 0 Å². The molecule has 10 heteroatoms. The third-order valence-corrected chi connectivity index (χ3v) is 6.75. The van der Waals surface area contributed by atoms with Crippen LogP contribution in [0.25, 0.3) is 10.2 Å². The Labute approximate surface area is 183 Å². The Hall–Kier alpha value is -2.20. The number of nitrogens with zero attached hydrogens (tertiary/aromatic N) is 5. The number of carbonyl (C=O) groups is 1. The molecule has 1 aromatic carbocycles. The summed E-state index contributed by atoms with van der Waals surface area (Å²) in [5.74, 6) is 0.504. The zero-order valence-corrected chi connectivity index (χ0v) is 18.8. The molecule has 0 atom stereocenters. The van der Waals surface area contributed by atoms with Gasteiger partial charge in [-0.2, -0.15) is 5.10 Å². The average molecular weight is 450 g/mol. The number of hydrogen-bond donors (Lipinski definition) is 0. The van der Waals surface area contributed by atoms with E-state index in [1.54, 1.807) is 42.1 Å². The number of halogens is 1. The van der Waals surface area contributed by atoms with E-state index in [1.807, 2.05) is 6.92 Å². The number of ether oxygens (including phenoxy) is 2. The Bertz CT molecular complexity index is 1040. The SMILES string of the molecule is COc1ccc(Cl)c2sc(N(CCN3CCOCC3)C(=O)c3c(C)cnn3C)nc12. The molecule has 160 valence electrons. The molecule has 4 rings (SSSR count). The number of carbonyl (C=O) groups excluding carboxylic acids is 1. The molecule has 0 N–H and O–H groups in total. The standard InChI is InChI=1S/C20H24ClN5O3S/c1-13-12-22-24(2)17(13)19(27)26(7-6-25-8-10-29-11-9-25)20-23-16-15(28-3)5-4-14(21)18(16)30-20/h4-5,12H,6-11H2,1-3H3. The topological polar surface area (TPSA) is 72.7 Å². The number of aryl methyl sites for hydroxylation is 2. The minimum absolute atomic E-state index is 0.130. The number of anilines is 1. The van der Waals surface area contributed by atoms with Crippen molar-refractivity contribution in [2.24, 2.45) is 7.05 Å². The van der Waals surface area contributed by atoms with Crippen molar-refractivity contribution in [1.29, 1.82) is 0 Å². The van der Waals surface area contributed by atoms with Crippen molar-refractivity contribution in [2.45, 2.75) is 6.92 Å². The maximum Gasteiger partial charge on any atom is 0.278 e. The first-order valence-electron chi connectivity index (χ1n) is 9.73. The van der Waals surface area contributed by atoms with Gasteiger partial charge in [0, 0.05) is 33.2 Å². The first kappa shape index (κ1) is 21.0. The lowest BCUT2D eigenvalue weighted by Gasteiger charge is -2.29. The second kappa shape index (κ2) is 8.89. The van der Waals surface area contributed by atoms with E-state index >= 15 is 0 Å². The number of benzene rings is 1. The molecule has 0 radical (unpaired) electrons. The van der Waals surface area contributed by atoms with Crippen LogP contribution in [-0.2, 0) is 11.8 Å². The van der Waals surface area contributed by atoms with Crippen LogP contribution < -0.4 is 9.64 Å². The molecule has 0 unspecified atom stereocenters. The Morgan fingerprint density at radius 1 is 1.37 bits per heavy atom. The Balaban J connectivity index is 1.72. The summed E-state index contributed by atoms with van der Waals surface area (Å²) in [7, 11) is 3.38. The van der Waals surface area contributed by atoms with Crippen molar-refractivity contribution >= 4 is 44.2 Å². The number of fused-ring (bicyclic) bond motifs is 1. The average Bonchev–Trinajstić information content (AvgIpc) is 3.33. The molecule has 3 heterocycles. The second-order valence-electron chi connectivity index (χ2n) is 7.13. The van der Waals surface area contributed by atoms with E-state index in [2.05, 4.69) is 10.00 Å². The first-order valence-corrected chi connectivity index (χ1v) is 10.9. The molecule has 3 aromatic rings. The lowest BCUT2D eigenvalue weighted by Crippen LogP contribution is -2.43. The fourth-order valence-corrected chi connectivity index (χ4v) is 4.83. The molecule has 0 aliphatic carbocycles. The third kappa shape index (κ3) is 4.02. The van der Waals surface area contributed by atoms with E-state index in [1.165, 1.54) is 11.3 Å². The summed E-state index contributed by atoms with van der Waals surface area (Å²) in [4.78, 5) is 22.3. The molecule has 1 aliphatic rings. The molecule has 2 aromatic heterocycles. The highest BCUT2D eigenvalue weighted by Crippen LogP contribution is 2.39. The summed E-state index contributed by atoms with van der Waals surface area (Å²) in [6, 6.07) is 3.58. The van der Waals surface area contributed by atoms with Crippen molar-refractivity contribution in [3.8, 4) is 5.75 Å². The van der Waals surface area contributed by atoms with E-state index in [4.69, 9.17) is 26.1 Å². The van der Waals surface area contributed by atoms with Gasteiger partial charge in [-0.15, -0.1) is 0 Å². The van der Waals surface area contributed by atoms with Crippen LogP contribution in [0, 0.1) is 6.92 Å². The van der Waals surface area contributed by atoms with Gasteiger partial charge < -0.3 is 9.47 Å². The second-order valence-corrected chi connectivity index (χ2v) is 8.52. The van der Waals surface area contributed by atoms with Gasteiger partial charge in [0.15, 0.2) is 5.13 Å². The molecule has 8 nitrogen and oxygen atoms in total. The summed E-state index contributed by atoms with van der Waals surface area (Å²) in [5, 5.41) is 5.41. The zero-order chi connectivity index (χ0) is 21.3. The predicted molar refractivity (Wildman–Crippen MR) is 118 cm³/mol. The van der Waals surface area contributed by atoms with Crippen LogP contribution >= 0.6 is 22.9 Å². The fraction of sp³-hybridized carbons (Fsp3) is 0.450. The monoisotopic (exact) mass is 449 g/mol. The van der Waals surface area contributed by atoms with E-state index in [9.17, 15) is 4.79 Å². The van der Waals surface area contributed by atoms with Crippen molar-refractivity contribution in [3.05, 3.63) is 34.6 Å². The Morgan fingerprint density at radius 2 is 2.13 bits per heavy atom. The Kier molecular flexibility index (Phi) is 6.24. The van der Waals surface area contributed by atoms with Crippen LogP contribution in [0.4, 0.5) is 5.13 Å². The van der Waals surface area contributed by atoms with Crippen molar-refractivity contribution < 1.29 is 14.3 Å². The maximum absolute atomic E-state index is 13.6. The molecule has 0 saturated carbocycles. The van der Waals surface area contributed by atoms with E-state index in [0.717, 1.165) is 29.9 Å². The number of hydrogen-bond acceptors (Lipinski definition) is 7. The highest BCUT2D eigenvalue weighted by atomic mass is 35.5. The highest BCUT2D eigenvalue weighted by Gasteiger charge is 2.27. The molecule has 30 heavy (non-hydrogen) atoms. The minimum Gasteiger partial charge on any atom is -0.494 e. The van der Waals surface area contributed by atoms with Gasteiger partial charge in [-0.05, 0) is 24.6 Å². The number of amides is 1. The quantitative estimate of drug-likeness (QED) is 0.576. The van der Waals surface area contributed by atoms with Crippen LogP contribution in [0.2, 0.25) is 5.02 Å². The van der Waals surface area contributed by atoms with E-state index < -0.39 is 0 Å². The summed E-state index contributed by atoms with van der Waals surface area (Å²) >= 11 is 7.80. The van der Waals surface area contributed by atoms with Crippen LogP contribution in [-0.4, -0.2) is 72.1 Å². The first-order chi connectivity index (χ1) is 14.5. The van der Waals surface area contributed by atoms with Crippen LogP contribution in [0.5, 0.6) is 5.75 Å². The summed E-state index contributed by atoms with van der Waals surface area (Å²) in [6.07, 6.45) is 1.70. The fourth-order valence-electron chi connectivity index (χ4n) is 3.55. The zero-order valence-electron chi connectivity index (χ0n) is 17.2. The van der Waals surface area contributed by atoms with E-state index in [-0.39, 0.29) is 5.91 Å². The molecule has 1 saturated heterocycles. The van der Waals surface area contributed by atoms with Gasteiger partial charge in [-0.3, -0.25) is 19.3 Å². The van der Waals surface area contributed by atoms with Gasteiger partial charge >= 0.3 is 0 Å². The van der Waals surface area contributed by atoms with Crippen LogP contribution in [0.1, 0.15) is 16.1 Å². The summed E-state index contributed by atoms with van der Waals surface area (Å²) in [5.41, 5.74) is 2.04. The summed E-state index contributed by atoms with van der Waals surface area (Å²) in [6.45, 7) is 6.25. The largest absolute Gasteiger partial charge is 0.494 e. The maximum atomic E-state index is 13.6. The van der Waals surface area contributed by atoms with Gasteiger partial charge in [0.2, 0.25) is 0 Å². The molecule has 0 bridgehead atoms. The van der Waals surface area contributed by atoms with Gasteiger partial charge in [-0.1, -0.05) is 22.9 Å². The molecule has 1 fully saturated rings. The summed E-state index contributed by atoms with van der Waals surface area (Å²) < 4.78 is 13.3. The molecular weight excluding hydrogens is 426 g/mol. The van der Waals surface area contributed by atoms with Crippen LogP contribution in [0.3, 0.4) is 0 Å². The van der Waals surface area contributed by atoms with Crippen LogP contribution in [0.15, 0.2) is 18.3 Å². The van der Waals surface area contributed by atoms with Gasteiger partial charge in [0.1, 0.15) is 17.0 Å². The number of morpholine rings is 1. The number of aromatic nitrogens is 3. The predicted octanol–water partition coefficient (Wildman–Crippen LogP) is 2.98. The number of methoxy groups -OCH3 is 1.